The van der Waals surface area contributed by atoms with E-state index < -0.39 is 11.9 Å². The van der Waals surface area contributed by atoms with Gasteiger partial charge >= 0.3 is 0 Å². The highest BCUT2D eigenvalue weighted by molar-refractivity contribution is 6.01. The fraction of sp³-hybridized carbons (Fsp3) is 0.235. The van der Waals surface area contributed by atoms with Gasteiger partial charge in [-0.05, 0) is 23.8 Å². The fourth-order valence-corrected chi connectivity index (χ4v) is 2.59. The van der Waals surface area contributed by atoms with Crippen LogP contribution in [-0.2, 0) is 14.3 Å². The topological polar surface area (TPSA) is 67.8 Å². The van der Waals surface area contributed by atoms with Crippen LogP contribution < -0.4 is 5.32 Å². The Labute approximate surface area is 128 Å². The van der Waals surface area contributed by atoms with Gasteiger partial charge in [-0.25, -0.2) is 0 Å². The summed E-state index contributed by atoms with van der Waals surface area (Å²) < 4.78 is 10.5. The first-order valence-electron chi connectivity index (χ1n) is 6.98. The van der Waals surface area contributed by atoms with Crippen molar-refractivity contribution in [2.45, 2.75) is 12.1 Å². The third kappa shape index (κ3) is 2.40. The first-order chi connectivity index (χ1) is 10.6. The lowest BCUT2D eigenvalue weighted by Gasteiger charge is -2.32. The monoisotopic (exact) mass is 299 g/mol. The number of aliphatic hydroxyl groups is 1. The summed E-state index contributed by atoms with van der Waals surface area (Å²) in [4.78, 5) is 12.1. The number of aliphatic hydroxyl groups excluding tert-OH is 1. The van der Waals surface area contributed by atoms with Crippen LogP contribution in [0.2, 0.25) is 0 Å². The maximum absolute atomic E-state index is 12.1. The second-order valence-electron chi connectivity index (χ2n) is 5.12. The summed E-state index contributed by atoms with van der Waals surface area (Å²) in [6.45, 7) is 3.77. The number of hydrogen-bond acceptors (Lipinski definition) is 5. The maximum atomic E-state index is 12.1. The molecular formula is C17H17NO4. The van der Waals surface area contributed by atoms with E-state index in [1.807, 2.05) is 24.3 Å². The van der Waals surface area contributed by atoms with Crippen molar-refractivity contribution in [3.05, 3.63) is 71.4 Å². The van der Waals surface area contributed by atoms with Crippen molar-refractivity contribution in [2.75, 3.05) is 13.7 Å². The quantitative estimate of drug-likeness (QED) is 0.765. The van der Waals surface area contributed by atoms with Crippen LogP contribution in [0.4, 0.5) is 0 Å². The molecule has 0 saturated carbocycles. The van der Waals surface area contributed by atoms with Crippen LogP contribution in [0, 0.1) is 0 Å². The number of fused-ring (bicyclic) bond motifs is 1. The van der Waals surface area contributed by atoms with Gasteiger partial charge < -0.3 is 19.9 Å². The lowest BCUT2D eigenvalue weighted by Crippen LogP contribution is -2.39. The molecule has 0 radical (unpaired) electrons. The summed E-state index contributed by atoms with van der Waals surface area (Å²) in [6.07, 6.45) is 9.50. The average Bonchev–Trinajstić information content (AvgIpc) is 2.55. The van der Waals surface area contributed by atoms with Gasteiger partial charge in [0.2, 0.25) is 5.78 Å². The molecule has 0 amide bonds. The lowest BCUT2D eigenvalue weighted by molar-refractivity contribution is -0.125. The van der Waals surface area contributed by atoms with Gasteiger partial charge in [0, 0.05) is 17.3 Å². The van der Waals surface area contributed by atoms with Gasteiger partial charge in [-0.3, -0.25) is 4.79 Å². The summed E-state index contributed by atoms with van der Waals surface area (Å²) in [5, 5.41) is 13.5. The van der Waals surface area contributed by atoms with Crippen LogP contribution in [0.25, 0.3) is 0 Å². The first kappa shape index (κ1) is 14.4. The van der Waals surface area contributed by atoms with E-state index in [4.69, 9.17) is 9.47 Å². The molecule has 2 atom stereocenters. The number of ketones is 1. The van der Waals surface area contributed by atoms with E-state index in [1.54, 1.807) is 19.3 Å². The summed E-state index contributed by atoms with van der Waals surface area (Å²) >= 11 is 0. The lowest BCUT2D eigenvalue weighted by atomic mass is 9.87. The zero-order valence-corrected chi connectivity index (χ0v) is 12.2. The minimum atomic E-state index is -1.23. The molecule has 2 N–H and O–H groups in total. The molecule has 2 unspecified atom stereocenters. The molecule has 0 saturated heterocycles. The molecule has 5 heteroatoms. The normalized spacial score (nSPS) is 26.1. The molecule has 0 aromatic heterocycles. The van der Waals surface area contributed by atoms with E-state index in [2.05, 4.69) is 11.9 Å². The molecule has 2 aliphatic carbocycles. The minimum absolute atomic E-state index is 0.0186. The molecule has 1 aliphatic heterocycles. The van der Waals surface area contributed by atoms with Crippen molar-refractivity contribution in [1.29, 1.82) is 0 Å². The number of nitrogens with one attached hydrogen (secondary N) is 1. The van der Waals surface area contributed by atoms with Crippen LogP contribution in [0.3, 0.4) is 0 Å². The first-order valence-corrected chi connectivity index (χ1v) is 6.98. The molecule has 0 aromatic carbocycles. The highest BCUT2D eigenvalue weighted by Gasteiger charge is 2.34. The summed E-state index contributed by atoms with van der Waals surface area (Å²) in [7, 11) is 1.60. The van der Waals surface area contributed by atoms with E-state index >= 15 is 0 Å². The van der Waals surface area contributed by atoms with Crippen molar-refractivity contribution in [3.8, 4) is 0 Å². The Kier molecular flexibility index (Phi) is 3.73. The van der Waals surface area contributed by atoms with Crippen molar-refractivity contribution in [3.63, 3.8) is 0 Å². The summed E-state index contributed by atoms with van der Waals surface area (Å²) in [5.41, 5.74) is 2.18. The van der Waals surface area contributed by atoms with Crippen molar-refractivity contribution >= 4 is 5.78 Å². The SMILES string of the molecule is C=CCOC1=CC2=C(C=C3C=C(OC)C=CC3N2)C(O)C1=O. The molecule has 0 bridgehead atoms. The molecule has 0 spiro atoms. The van der Waals surface area contributed by atoms with Crippen molar-refractivity contribution in [2.24, 2.45) is 0 Å². The number of ether oxygens (including phenoxy) is 2. The van der Waals surface area contributed by atoms with Gasteiger partial charge in [-0.15, -0.1) is 0 Å². The molecule has 1 heterocycles. The highest BCUT2D eigenvalue weighted by Crippen LogP contribution is 2.31. The molecular weight excluding hydrogens is 282 g/mol. The number of dihydropyridines is 1. The van der Waals surface area contributed by atoms with Gasteiger partial charge in [0.1, 0.15) is 18.5 Å². The second kappa shape index (κ2) is 5.69. The van der Waals surface area contributed by atoms with Gasteiger partial charge in [0.05, 0.1) is 13.2 Å². The third-order valence-corrected chi connectivity index (χ3v) is 3.72. The molecule has 5 nitrogen and oxygen atoms in total. The number of carbonyl (C=O) groups is 1. The summed E-state index contributed by atoms with van der Waals surface area (Å²) in [6, 6.07) is -0.0186. The molecule has 0 aromatic rings. The van der Waals surface area contributed by atoms with E-state index in [9.17, 15) is 9.90 Å². The van der Waals surface area contributed by atoms with Crippen molar-refractivity contribution in [1.82, 2.24) is 5.32 Å². The fourth-order valence-electron chi connectivity index (χ4n) is 2.59. The molecule has 3 aliphatic rings. The zero-order chi connectivity index (χ0) is 15.7. The maximum Gasteiger partial charge on any atom is 0.230 e. The smallest absolute Gasteiger partial charge is 0.230 e. The Balaban J connectivity index is 1.96. The van der Waals surface area contributed by atoms with Crippen molar-refractivity contribution < 1.29 is 19.4 Å². The Morgan fingerprint density at radius 3 is 2.95 bits per heavy atom. The standard InChI is InChI=1S/C17H17NO4/c1-3-6-22-15-9-14-12(16(19)17(15)20)8-10-7-11(21-2)4-5-13(10)18-14/h3-5,7-9,13,16,18-19H,1,6H2,2H3. The Morgan fingerprint density at radius 1 is 1.41 bits per heavy atom. The van der Waals surface area contributed by atoms with E-state index in [1.165, 1.54) is 0 Å². The second-order valence-corrected chi connectivity index (χ2v) is 5.12. The van der Waals surface area contributed by atoms with Crippen LogP contribution >= 0.6 is 0 Å². The van der Waals surface area contributed by atoms with Crippen LogP contribution in [0.15, 0.2) is 71.4 Å². The molecule has 0 fully saturated rings. The van der Waals surface area contributed by atoms with Crippen LogP contribution in [-0.4, -0.2) is 36.8 Å². The van der Waals surface area contributed by atoms with Crippen LogP contribution in [0.5, 0.6) is 0 Å². The predicted molar refractivity (Wildman–Crippen MR) is 81.5 cm³/mol. The largest absolute Gasteiger partial charge is 0.497 e. The predicted octanol–water partition coefficient (Wildman–Crippen LogP) is 1.27. The van der Waals surface area contributed by atoms with Gasteiger partial charge in [0.25, 0.3) is 0 Å². The average molecular weight is 299 g/mol. The van der Waals surface area contributed by atoms with Gasteiger partial charge in [0.15, 0.2) is 5.76 Å². The number of carbonyl (C=O) groups excluding carboxylic acids is 1. The van der Waals surface area contributed by atoms with Gasteiger partial charge in [-0.1, -0.05) is 18.7 Å². The number of allylic oxidation sites excluding steroid dienone is 2. The van der Waals surface area contributed by atoms with E-state index in [0.29, 0.717) is 11.3 Å². The minimum Gasteiger partial charge on any atom is -0.497 e. The van der Waals surface area contributed by atoms with Gasteiger partial charge in [-0.2, -0.15) is 0 Å². The Hall–Kier alpha value is -2.53. The Bertz CT molecular complexity index is 679. The number of rotatable bonds is 4. The number of Topliss-reactive ketones (excluding diaryl/α,β-unsaturated/α-hetero) is 1. The molecule has 114 valence electrons. The molecule has 3 rings (SSSR count). The highest BCUT2D eigenvalue weighted by atomic mass is 16.5. The third-order valence-electron chi connectivity index (χ3n) is 3.72. The van der Waals surface area contributed by atoms with E-state index in [-0.39, 0.29) is 18.4 Å². The van der Waals surface area contributed by atoms with Crippen LogP contribution in [0.1, 0.15) is 0 Å². The number of methoxy groups -OCH3 is 1. The zero-order valence-electron chi connectivity index (χ0n) is 12.2. The van der Waals surface area contributed by atoms with E-state index in [0.717, 1.165) is 11.3 Å². The molecule has 22 heavy (non-hydrogen) atoms. The number of hydrogen-bond donors (Lipinski definition) is 2. The Morgan fingerprint density at radius 2 is 2.23 bits per heavy atom. The summed E-state index contributed by atoms with van der Waals surface area (Å²) in [5.74, 6) is 0.430.